The van der Waals surface area contributed by atoms with E-state index in [0.29, 0.717) is 19.8 Å². The third-order valence-electron chi connectivity index (χ3n) is 3.97. The van der Waals surface area contributed by atoms with Gasteiger partial charge in [0.05, 0.1) is 18.5 Å². The van der Waals surface area contributed by atoms with Crippen LogP contribution in [0.15, 0.2) is 53.4 Å². The molecule has 0 fully saturated rings. The van der Waals surface area contributed by atoms with E-state index in [4.69, 9.17) is 9.47 Å². The lowest BCUT2D eigenvalue weighted by atomic mass is 10.2. The molecule has 2 aromatic carbocycles. The van der Waals surface area contributed by atoms with Crippen molar-refractivity contribution in [3.05, 3.63) is 54.1 Å². The molecule has 0 saturated carbocycles. The average Bonchev–Trinajstić information content (AvgIpc) is 2.90. The molecule has 1 aliphatic heterocycles. The van der Waals surface area contributed by atoms with Crippen LogP contribution in [0.2, 0.25) is 0 Å². The number of hydrogen-bond donors (Lipinski definition) is 1. The fourth-order valence-corrected chi connectivity index (χ4v) is 3.61. The fraction of sp³-hybridized carbons (Fsp3) is 0.350. The van der Waals surface area contributed by atoms with E-state index in [2.05, 4.69) is 5.32 Å². The molecule has 5 heteroatoms. The first-order valence-electron chi connectivity index (χ1n) is 8.64. The number of benzene rings is 2. The van der Waals surface area contributed by atoms with Crippen molar-refractivity contribution < 1.29 is 14.3 Å². The molecule has 1 aliphatic rings. The molecular formula is C20H23NO3S. The summed E-state index contributed by atoms with van der Waals surface area (Å²) in [6.07, 6.45) is 1.65. The van der Waals surface area contributed by atoms with Crippen LogP contribution >= 0.6 is 11.8 Å². The van der Waals surface area contributed by atoms with E-state index >= 15 is 0 Å². The van der Waals surface area contributed by atoms with Gasteiger partial charge in [-0.05, 0) is 30.2 Å². The first-order chi connectivity index (χ1) is 12.3. The molecule has 1 atom stereocenters. The van der Waals surface area contributed by atoms with Gasteiger partial charge >= 0.3 is 0 Å². The third-order valence-corrected chi connectivity index (χ3v) is 5.33. The van der Waals surface area contributed by atoms with Gasteiger partial charge < -0.3 is 14.8 Å². The van der Waals surface area contributed by atoms with Crippen molar-refractivity contribution in [2.75, 3.05) is 13.2 Å². The summed E-state index contributed by atoms with van der Waals surface area (Å²) < 4.78 is 11.4. The Balaban J connectivity index is 1.61. The molecular weight excluding hydrogens is 334 g/mol. The molecule has 0 aliphatic carbocycles. The second-order valence-electron chi connectivity index (χ2n) is 5.88. The van der Waals surface area contributed by atoms with E-state index in [1.165, 1.54) is 0 Å². The van der Waals surface area contributed by atoms with Gasteiger partial charge in [0.1, 0.15) is 0 Å². The number of fused-ring (bicyclic) bond motifs is 1. The number of thioether (sulfide) groups is 1. The van der Waals surface area contributed by atoms with Crippen LogP contribution in [-0.2, 0) is 11.3 Å². The summed E-state index contributed by atoms with van der Waals surface area (Å²) in [7, 11) is 0. The van der Waals surface area contributed by atoms with Crippen LogP contribution in [0.25, 0.3) is 0 Å². The normalized spacial score (nSPS) is 14.4. The molecule has 1 unspecified atom stereocenters. The van der Waals surface area contributed by atoms with Crippen molar-refractivity contribution in [3.8, 4) is 11.5 Å². The monoisotopic (exact) mass is 357 g/mol. The quantitative estimate of drug-likeness (QED) is 0.793. The highest BCUT2D eigenvalue weighted by atomic mass is 32.2. The minimum Gasteiger partial charge on any atom is -0.490 e. The lowest BCUT2D eigenvalue weighted by Gasteiger charge is -2.16. The van der Waals surface area contributed by atoms with E-state index in [1.807, 2.05) is 55.5 Å². The minimum atomic E-state index is -0.131. The van der Waals surface area contributed by atoms with E-state index in [0.717, 1.165) is 34.8 Å². The Labute approximate surface area is 152 Å². The lowest BCUT2D eigenvalue weighted by molar-refractivity contribution is -0.120. The maximum absolute atomic E-state index is 12.5. The van der Waals surface area contributed by atoms with Crippen LogP contribution in [0.4, 0.5) is 0 Å². The first kappa shape index (κ1) is 17.7. The summed E-state index contributed by atoms with van der Waals surface area (Å²) in [6.45, 7) is 3.93. The summed E-state index contributed by atoms with van der Waals surface area (Å²) in [5, 5.41) is 2.90. The highest BCUT2D eigenvalue weighted by Crippen LogP contribution is 2.35. The van der Waals surface area contributed by atoms with Crippen molar-refractivity contribution in [3.63, 3.8) is 0 Å². The van der Waals surface area contributed by atoms with E-state index < -0.39 is 0 Å². The largest absolute Gasteiger partial charge is 0.490 e. The number of ether oxygens (including phenoxy) is 2. The molecule has 25 heavy (non-hydrogen) atoms. The van der Waals surface area contributed by atoms with Crippen LogP contribution in [0.1, 0.15) is 25.3 Å². The molecule has 1 amide bonds. The maximum atomic E-state index is 12.5. The van der Waals surface area contributed by atoms with Crippen LogP contribution in [0.5, 0.6) is 11.5 Å². The highest BCUT2D eigenvalue weighted by Gasteiger charge is 2.19. The molecule has 1 heterocycles. The maximum Gasteiger partial charge on any atom is 0.233 e. The van der Waals surface area contributed by atoms with Crippen molar-refractivity contribution in [1.29, 1.82) is 0 Å². The fourth-order valence-electron chi connectivity index (χ4n) is 2.60. The predicted molar refractivity (Wildman–Crippen MR) is 100 cm³/mol. The molecule has 2 aromatic rings. The van der Waals surface area contributed by atoms with Gasteiger partial charge in [-0.1, -0.05) is 37.3 Å². The second-order valence-corrected chi connectivity index (χ2v) is 7.15. The third kappa shape index (κ3) is 4.92. The van der Waals surface area contributed by atoms with E-state index in [9.17, 15) is 4.79 Å². The summed E-state index contributed by atoms with van der Waals surface area (Å²) in [5.74, 6) is 1.61. The van der Waals surface area contributed by atoms with Gasteiger partial charge in [0.15, 0.2) is 11.5 Å². The zero-order chi connectivity index (χ0) is 17.5. The first-order valence-corrected chi connectivity index (χ1v) is 9.52. The number of carbonyl (C=O) groups is 1. The molecule has 0 aromatic heterocycles. The Kier molecular flexibility index (Phi) is 6.23. The summed E-state index contributed by atoms with van der Waals surface area (Å²) >= 11 is 1.56. The number of carbonyl (C=O) groups excluding carboxylic acids is 1. The molecule has 0 spiro atoms. The Bertz CT molecular complexity index is 705. The number of nitrogens with one attached hydrogen (secondary N) is 1. The van der Waals surface area contributed by atoms with Crippen LogP contribution in [0, 0.1) is 0 Å². The molecule has 132 valence electrons. The topological polar surface area (TPSA) is 47.6 Å². The van der Waals surface area contributed by atoms with E-state index in [1.54, 1.807) is 11.8 Å². The van der Waals surface area contributed by atoms with Crippen molar-refractivity contribution in [2.24, 2.45) is 0 Å². The van der Waals surface area contributed by atoms with Crippen LogP contribution in [0.3, 0.4) is 0 Å². The standard InChI is InChI=1S/C20H23NO3S/c1-2-19(20(22)21-14-15-7-4-3-5-8-15)25-16-9-10-17-18(13-16)24-12-6-11-23-17/h3-5,7-10,13,19H,2,6,11-12,14H2,1H3,(H,21,22). The lowest BCUT2D eigenvalue weighted by Crippen LogP contribution is -2.31. The highest BCUT2D eigenvalue weighted by molar-refractivity contribution is 8.00. The Morgan fingerprint density at radius 1 is 1.12 bits per heavy atom. The molecule has 1 N–H and O–H groups in total. The predicted octanol–water partition coefficient (Wildman–Crippen LogP) is 4.04. The number of amides is 1. The number of hydrogen-bond acceptors (Lipinski definition) is 4. The minimum absolute atomic E-state index is 0.0588. The van der Waals surface area contributed by atoms with Gasteiger partial charge in [0.25, 0.3) is 0 Å². The van der Waals surface area contributed by atoms with Crippen LogP contribution < -0.4 is 14.8 Å². The summed E-state index contributed by atoms with van der Waals surface area (Å²) in [6, 6.07) is 15.8. The van der Waals surface area contributed by atoms with Gasteiger partial charge in [-0.3, -0.25) is 4.79 Å². The van der Waals surface area contributed by atoms with Gasteiger partial charge in [0, 0.05) is 17.9 Å². The van der Waals surface area contributed by atoms with Gasteiger partial charge in [0.2, 0.25) is 5.91 Å². The van der Waals surface area contributed by atoms with Crippen molar-refractivity contribution in [1.82, 2.24) is 5.32 Å². The van der Waals surface area contributed by atoms with Gasteiger partial charge in [-0.25, -0.2) is 0 Å². The molecule has 4 nitrogen and oxygen atoms in total. The Hall–Kier alpha value is -2.14. The Morgan fingerprint density at radius 3 is 2.64 bits per heavy atom. The van der Waals surface area contributed by atoms with Crippen molar-refractivity contribution in [2.45, 2.75) is 36.5 Å². The van der Waals surface area contributed by atoms with Gasteiger partial charge in [-0.2, -0.15) is 0 Å². The molecule has 0 saturated heterocycles. The summed E-state index contributed by atoms with van der Waals surface area (Å²) in [4.78, 5) is 13.5. The second kappa shape index (κ2) is 8.81. The Morgan fingerprint density at radius 2 is 1.88 bits per heavy atom. The molecule has 0 radical (unpaired) electrons. The average molecular weight is 357 g/mol. The van der Waals surface area contributed by atoms with E-state index in [-0.39, 0.29) is 11.2 Å². The van der Waals surface area contributed by atoms with Gasteiger partial charge in [-0.15, -0.1) is 11.8 Å². The SMILES string of the molecule is CCC(Sc1ccc2c(c1)OCCCO2)C(=O)NCc1ccccc1. The summed E-state index contributed by atoms with van der Waals surface area (Å²) in [5.41, 5.74) is 1.10. The zero-order valence-corrected chi connectivity index (χ0v) is 15.2. The smallest absolute Gasteiger partial charge is 0.233 e. The number of rotatable bonds is 6. The zero-order valence-electron chi connectivity index (χ0n) is 14.4. The van der Waals surface area contributed by atoms with Crippen LogP contribution in [-0.4, -0.2) is 24.4 Å². The van der Waals surface area contributed by atoms with Crippen molar-refractivity contribution >= 4 is 17.7 Å². The molecule has 3 rings (SSSR count). The molecule has 0 bridgehead atoms.